The molecule has 3 heterocycles. The molecule has 1 aromatic heterocycles. The summed E-state index contributed by atoms with van der Waals surface area (Å²) in [6.07, 6.45) is 0.535. The first-order valence-corrected chi connectivity index (χ1v) is 12.8. The van der Waals surface area contributed by atoms with Crippen molar-refractivity contribution in [1.82, 2.24) is 27.9 Å². The molecular formula is C21H32N6O3S2. The Kier molecular flexibility index (Phi) is 7.13. The Labute approximate surface area is 195 Å². The molecule has 0 saturated carbocycles. The van der Waals surface area contributed by atoms with Gasteiger partial charge in [-0.05, 0) is 31.6 Å². The number of nitrogens with zero attached hydrogens (tertiary/aromatic N) is 6. The minimum atomic E-state index is -3.48. The highest BCUT2D eigenvalue weighted by atomic mass is 32.2. The van der Waals surface area contributed by atoms with Crippen molar-refractivity contribution in [2.75, 3.05) is 39.3 Å². The fourth-order valence-corrected chi connectivity index (χ4v) is 6.28. The van der Waals surface area contributed by atoms with Crippen molar-refractivity contribution >= 4 is 22.4 Å². The van der Waals surface area contributed by atoms with Crippen LogP contribution in [0.4, 0.5) is 0 Å². The lowest BCUT2D eigenvalue weighted by Gasteiger charge is -2.40. The summed E-state index contributed by atoms with van der Waals surface area (Å²) >= 11 is 5.60. The smallest absolute Gasteiger partial charge is 0.282 e. The van der Waals surface area contributed by atoms with Crippen LogP contribution < -0.4 is 0 Å². The van der Waals surface area contributed by atoms with Crippen molar-refractivity contribution in [3.05, 3.63) is 46.5 Å². The van der Waals surface area contributed by atoms with E-state index < -0.39 is 10.2 Å². The van der Waals surface area contributed by atoms with Gasteiger partial charge in [0.15, 0.2) is 4.77 Å². The normalized spacial score (nSPS) is 24.1. The Balaban J connectivity index is 1.37. The number of ether oxygens (including phenoxy) is 1. The van der Waals surface area contributed by atoms with Crippen LogP contribution in [0, 0.1) is 4.77 Å². The van der Waals surface area contributed by atoms with Crippen LogP contribution in [0.15, 0.2) is 30.3 Å². The molecular weight excluding hydrogens is 448 g/mol. The number of hydrogen-bond acceptors (Lipinski definition) is 6. The fraction of sp³-hybridized carbons (Fsp3) is 0.619. The maximum atomic E-state index is 13.1. The van der Waals surface area contributed by atoms with Crippen LogP contribution in [0.5, 0.6) is 0 Å². The molecule has 0 radical (unpaired) electrons. The van der Waals surface area contributed by atoms with Gasteiger partial charge in [-0.3, -0.25) is 4.90 Å². The van der Waals surface area contributed by atoms with Gasteiger partial charge in [0, 0.05) is 52.7 Å². The minimum absolute atomic E-state index is 0.0917. The molecule has 2 aliphatic heterocycles. The van der Waals surface area contributed by atoms with E-state index >= 15 is 0 Å². The molecule has 0 aliphatic carbocycles. The third-order valence-electron chi connectivity index (χ3n) is 6.04. The summed E-state index contributed by atoms with van der Waals surface area (Å²) in [6.45, 7) is 7.39. The van der Waals surface area contributed by atoms with Crippen LogP contribution in [-0.2, 0) is 35.1 Å². The molecule has 0 N–H and O–H groups in total. The molecule has 0 unspecified atom stereocenters. The van der Waals surface area contributed by atoms with Gasteiger partial charge in [0.1, 0.15) is 5.82 Å². The van der Waals surface area contributed by atoms with Gasteiger partial charge < -0.3 is 9.30 Å². The van der Waals surface area contributed by atoms with Crippen molar-refractivity contribution in [3.63, 3.8) is 0 Å². The highest BCUT2D eigenvalue weighted by Gasteiger charge is 2.36. The monoisotopic (exact) mass is 480 g/mol. The predicted molar refractivity (Wildman–Crippen MR) is 125 cm³/mol. The van der Waals surface area contributed by atoms with E-state index in [1.165, 1.54) is 5.56 Å². The third-order valence-corrected chi connectivity index (χ3v) is 8.49. The van der Waals surface area contributed by atoms with Gasteiger partial charge in [-0.2, -0.15) is 22.1 Å². The second kappa shape index (κ2) is 9.70. The van der Waals surface area contributed by atoms with E-state index in [-0.39, 0.29) is 12.2 Å². The summed E-state index contributed by atoms with van der Waals surface area (Å²) in [7, 11) is -1.54. The van der Waals surface area contributed by atoms with Crippen molar-refractivity contribution in [3.8, 4) is 0 Å². The van der Waals surface area contributed by atoms with Gasteiger partial charge in [0.05, 0.1) is 18.9 Å². The van der Waals surface area contributed by atoms with E-state index in [0.717, 1.165) is 12.2 Å². The van der Waals surface area contributed by atoms with Gasteiger partial charge in [-0.15, -0.1) is 0 Å². The Bertz CT molecular complexity index is 1070. The fourth-order valence-electron chi connectivity index (χ4n) is 4.33. The number of piperazine rings is 1. The Hall–Kier alpha value is -1.63. The molecule has 2 saturated heterocycles. The van der Waals surface area contributed by atoms with Crippen LogP contribution >= 0.6 is 12.2 Å². The molecule has 0 amide bonds. The summed E-state index contributed by atoms with van der Waals surface area (Å²) in [4.78, 5) is 2.20. The lowest BCUT2D eigenvalue weighted by atomic mass is 10.1. The molecule has 32 heavy (non-hydrogen) atoms. The number of aromatic nitrogens is 3. The zero-order valence-corrected chi connectivity index (χ0v) is 20.6. The Morgan fingerprint density at radius 3 is 2.28 bits per heavy atom. The molecule has 0 spiro atoms. The van der Waals surface area contributed by atoms with Gasteiger partial charge in [0.2, 0.25) is 0 Å². The first-order valence-electron chi connectivity index (χ1n) is 11.0. The summed E-state index contributed by atoms with van der Waals surface area (Å²) in [5.41, 5.74) is 1.19. The predicted octanol–water partition coefficient (Wildman–Crippen LogP) is 1.47. The van der Waals surface area contributed by atoms with E-state index in [9.17, 15) is 8.42 Å². The van der Waals surface area contributed by atoms with Gasteiger partial charge in [-0.25, -0.2) is 4.68 Å². The highest BCUT2D eigenvalue weighted by Crippen LogP contribution is 2.19. The molecule has 9 nitrogen and oxygen atoms in total. The van der Waals surface area contributed by atoms with Crippen LogP contribution in [0.3, 0.4) is 0 Å². The molecule has 2 fully saturated rings. The lowest BCUT2D eigenvalue weighted by molar-refractivity contribution is -0.0458. The second-order valence-electron chi connectivity index (χ2n) is 8.66. The molecule has 2 aliphatic rings. The first kappa shape index (κ1) is 23.5. The highest BCUT2D eigenvalue weighted by molar-refractivity contribution is 7.86. The van der Waals surface area contributed by atoms with E-state index in [0.29, 0.717) is 50.7 Å². The van der Waals surface area contributed by atoms with Crippen molar-refractivity contribution in [2.45, 2.75) is 39.1 Å². The molecule has 2 atom stereocenters. The Morgan fingerprint density at radius 2 is 1.66 bits per heavy atom. The zero-order chi connectivity index (χ0) is 22.9. The second-order valence-corrected chi connectivity index (χ2v) is 11.0. The van der Waals surface area contributed by atoms with Crippen LogP contribution in [0.1, 0.15) is 25.2 Å². The van der Waals surface area contributed by atoms with Gasteiger partial charge >= 0.3 is 0 Å². The van der Waals surface area contributed by atoms with Crippen LogP contribution in [-0.4, -0.2) is 87.8 Å². The molecule has 11 heteroatoms. The average molecular weight is 481 g/mol. The van der Waals surface area contributed by atoms with Crippen molar-refractivity contribution < 1.29 is 13.2 Å². The van der Waals surface area contributed by atoms with Crippen molar-refractivity contribution in [2.24, 2.45) is 7.05 Å². The van der Waals surface area contributed by atoms with Gasteiger partial charge in [0.25, 0.3) is 10.2 Å². The van der Waals surface area contributed by atoms with Gasteiger partial charge in [-0.1, -0.05) is 30.3 Å². The SMILES string of the molecule is C[C@@H]1CN(S(=O)(=O)N2CCN(Cn3nc(Cc4ccccc4)n(C)c3=S)CC2)C[C@H](C)O1. The third kappa shape index (κ3) is 5.13. The van der Waals surface area contributed by atoms with Crippen molar-refractivity contribution in [1.29, 1.82) is 0 Å². The van der Waals surface area contributed by atoms with Crippen LogP contribution in [0.25, 0.3) is 0 Å². The first-order chi connectivity index (χ1) is 15.2. The quantitative estimate of drug-likeness (QED) is 0.583. The molecule has 176 valence electrons. The molecule has 4 rings (SSSR count). The van der Waals surface area contributed by atoms with E-state index in [1.54, 1.807) is 8.61 Å². The Morgan fingerprint density at radius 1 is 1.03 bits per heavy atom. The summed E-state index contributed by atoms with van der Waals surface area (Å²) < 4.78 is 39.5. The summed E-state index contributed by atoms with van der Waals surface area (Å²) in [5.74, 6) is 0.915. The van der Waals surface area contributed by atoms with E-state index in [4.69, 9.17) is 22.1 Å². The standard InChI is InChI=1S/C21H32N6O3S2/c1-17-14-26(15-18(2)30-17)32(28,29)25-11-9-24(10-12-25)16-27-21(31)23(3)20(22-27)13-19-7-5-4-6-8-19/h4-8,17-18H,9-16H2,1-3H3/t17-,18+. The topological polar surface area (TPSA) is 75.8 Å². The zero-order valence-electron chi connectivity index (χ0n) is 18.9. The lowest BCUT2D eigenvalue weighted by Crippen LogP contribution is -2.57. The molecule has 1 aromatic carbocycles. The summed E-state index contributed by atoms with van der Waals surface area (Å²) in [6, 6.07) is 10.2. The number of hydrogen-bond donors (Lipinski definition) is 0. The largest absolute Gasteiger partial charge is 0.373 e. The molecule has 0 bridgehead atoms. The molecule has 2 aromatic rings. The van der Waals surface area contributed by atoms with E-state index in [1.807, 2.05) is 48.3 Å². The minimum Gasteiger partial charge on any atom is -0.373 e. The average Bonchev–Trinajstić information content (AvgIpc) is 3.02. The number of rotatable bonds is 6. The maximum Gasteiger partial charge on any atom is 0.282 e. The van der Waals surface area contributed by atoms with Crippen LogP contribution in [0.2, 0.25) is 0 Å². The summed E-state index contributed by atoms with van der Waals surface area (Å²) in [5, 5.41) is 4.74. The van der Waals surface area contributed by atoms with E-state index in [2.05, 4.69) is 17.0 Å². The number of morpholine rings is 1. The number of benzene rings is 1. The maximum absolute atomic E-state index is 13.1.